The van der Waals surface area contributed by atoms with Gasteiger partial charge in [-0.2, -0.15) is 0 Å². The molecule has 1 N–H and O–H groups in total. The summed E-state index contributed by atoms with van der Waals surface area (Å²) in [6.45, 7) is 4.16. The molecular weight excluding hydrogens is 216 g/mol. The summed E-state index contributed by atoms with van der Waals surface area (Å²) in [5.74, 6) is -0.571. The van der Waals surface area contributed by atoms with Crippen LogP contribution in [0.4, 0.5) is 0 Å². The predicted octanol–water partition coefficient (Wildman–Crippen LogP) is 3.05. The van der Waals surface area contributed by atoms with E-state index < -0.39 is 5.60 Å². The van der Waals surface area contributed by atoms with E-state index in [9.17, 15) is 9.90 Å². The van der Waals surface area contributed by atoms with E-state index in [2.05, 4.69) is 0 Å². The van der Waals surface area contributed by atoms with Crippen LogP contribution in [0.3, 0.4) is 0 Å². The van der Waals surface area contributed by atoms with Gasteiger partial charge in [0, 0.05) is 0 Å². The Kier molecular flexibility index (Phi) is 5.96. The maximum atomic E-state index is 11.9. The first-order valence-electron chi connectivity index (χ1n) is 7.03. The van der Waals surface area contributed by atoms with E-state index in [-0.39, 0.29) is 11.9 Å². The van der Waals surface area contributed by atoms with Crippen LogP contribution in [0.25, 0.3) is 0 Å². The molecule has 100 valence electrons. The summed E-state index contributed by atoms with van der Waals surface area (Å²) >= 11 is 0. The lowest BCUT2D eigenvalue weighted by molar-refractivity contribution is -0.160. The Morgan fingerprint density at radius 3 is 2.18 bits per heavy atom. The van der Waals surface area contributed by atoms with E-state index >= 15 is 0 Å². The van der Waals surface area contributed by atoms with Crippen molar-refractivity contribution >= 4 is 5.97 Å². The minimum absolute atomic E-state index is 0.224. The molecule has 1 fully saturated rings. The number of hydrogen-bond donors (Lipinski definition) is 1. The molecule has 0 heterocycles. The van der Waals surface area contributed by atoms with Gasteiger partial charge in [-0.15, -0.1) is 0 Å². The monoisotopic (exact) mass is 242 g/mol. The Morgan fingerprint density at radius 1 is 1.18 bits per heavy atom. The molecular formula is C14H26O3. The maximum Gasteiger partial charge on any atom is 0.311 e. The van der Waals surface area contributed by atoms with Crippen molar-refractivity contribution in [2.24, 2.45) is 5.92 Å². The highest BCUT2D eigenvalue weighted by atomic mass is 16.5. The summed E-state index contributed by atoms with van der Waals surface area (Å²) in [4.78, 5) is 11.9. The SMILES string of the molecule is CCOC(=O)C(CC)C1(O)CCCCCCC1. The second-order valence-corrected chi connectivity index (χ2v) is 5.08. The Hall–Kier alpha value is -0.570. The highest BCUT2D eigenvalue weighted by Crippen LogP contribution is 2.35. The molecule has 1 rings (SSSR count). The van der Waals surface area contributed by atoms with Gasteiger partial charge in [0.2, 0.25) is 0 Å². The van der Waals surface area contributed by atoms with Crippen molar-refractivity contribution < 1.29 is 14.6 Å². The van der Waals surface area contributed by atoms with E-state index in [0.717, 1.165) is 25.7 Å². The van der Waals surface area contributed by atoms with Crippen molar-refractivity contribution in [3.05, 3.63) is 0 Å². The zero-order valence-electron chi connectivity index (χ0n) is 11.2. The molecule has 0 radical (unpaired) electrons. The van der Waals surface area contributed by atoms with Gasteiger partial charge in [-0.3, -0.25) is 4.79 Å². The number of ether oxygens (including phenoxy) is 1. The van der Waals surface area contributed by atoms with E-state index in [1.165, 1.54) is 19.3 Å². The lowest BCUT2D eigenvalue weighted by Crippen LogP contribution is -2.43. The second kappa shape index (κ2) is 7.00. The fraction of sp³-hybridized carbons (Fsp3) is 0.929. The van der Waals surface area contributed by atoms with Crippen LogP contribution >= 0.6 is 0 Å². The summed E-state index contributed by atoms with van der Waals surface area (Å²) in [5.41, 5.74) is -0.832. The number of esters is 1. The molecule has 0 amide bonds. The molecule has 0 aromatic rings. The second-order valence-electron chi connectivity index (χ2n) is 5.08. The highest BCUT2D eigenvalue weighted by Gasteiger charge is 2.40. The first-order valence-corrected chi connectivity index (χ1v) is 7.03. The van der Waals surface area contributed by atoms with Gasteiger partial charge in [-0.1, -0.05) is 39.0 Å². The standard InChI is InChI=1S/C14H26O3/c1-3-12(13(15)17-4-2)14(16)10-8-6-5-7-9-11-14/h12,16H,3-11H2,1-2H3. The van der Waals surface area contributed by atoms with Gasteiger partial charge < -0.3 is 9.84 Å². The summed E-state index contributed by atoms with van der Waals surface area (Å²) in [7, 11) is 0. The lowest BCUT2D eigenvalue weighted by Gasteiger charge is -2.35. The van der Waals surface area contributed by atoms with Crippen molar-refractivity contribution in [3.8, 4) is 0 Å². The minimum atomic E-state index is -0.832. The molecule has 0 aliphatic heterocycles. The van der Waals surface area contributed by atoms with Crippen molar-refractivity contribution in [1.82, 2.24) is 0 Å². The quantitative estimate of drug-likeness (QED) is 0.771. The van der Waals surface area contributed by atoms with Gasteiger partial charge in [0.25, 0.3) is 0 Å². The molecule has 3 nitrogen and oxygen atoms in total. The van der Waals surface area contributed by atoms with Gasteiger partial charge in [0.05, 0.1) is 18.1 Å². The van der Waals surface area contributed by atoms with E-state index in [1.54, 1.807) is 0 Å². The van der Waals surface area contributed by atoms with Crippen LogP contribution in [0.2, 0.25) is 0 Å². The smallest absolute Gasteiger partial charge is 0.311 e. The van der Waals surface area contributed by atoms with Crippen LogP contribution in [0.1, 0.15) is 65.2 Å². The third kappa shape index (κ3) is 3.98. The fourth-order valence-corrected chi connectivity index (χ4v) is 2.87. The van der Waals surface area contributed by atoms with Gasteiger partial charge in [0.1, 0.15) is 0 Å². The molecule has 17 heavy (non-hydrogen) atoms. The molecule has 0 aromatic heterocycles. The third-order valence-electron chi connectivity index (χ3n) is 3.85. The van der Waals surface area contributed by atoms with Crippen molar-refractivity contribution in [2.45, 2.75) is 70.8 Å². The van der Waals surface area contributed by atoms with E-state index in [0.29, 0.717) is 13.0 Å². The number of carbonyl (C=O) groups is 1. The molecule has 1 aliphatic rings. The largest absolute Gasteiger partial charge is 0.466 e. The van der Waals surface area contributed by atoms with Crippen LogP contribution in [0.5, 0.6) is 0 Å². The summed E-state index contributed by atoms with van der Waals surface area (Å²) < 4.78 is 5.09. The van der Waals surface area contributed by atoms with Crippen LogP contribution in [0, 0.1) is 5.92 Å². The average molecular weight is 242 g/mol. The van der Waals surface area contributed by atoms with E-state index in [1.807, 2.05) is 13.8 Å². The van der Waals surface area contributed by atoms with Crippen LogP contribution < -0.4 is 0 Å². The number of carbonyl (C=O) groups excluding carboxylic acids is 1. The van der Waals surface area contributed by atoms with Gasteiger partial charge >= 0.3 is 5.97 Å². The highest BCUT2D eigenvalue weighted by molar-refractivity contribution is 5.73. The number of hydrogen-bond acceptors (Lipinski definition) is 3. The summed E-state index contributed by atoms with van der Waals surface area (Å²) in [5, 5.41) is 10.7. The van der Waals surface area contributed by atoms with Gasteiger partial charge in [-0.05, 0) is 26.2 Å². The van der Waals surface area contributed by atoms with E-state index in [4.69, 9.17) is 4.74 Å². The molecule has 3 heteroatoms. The molecule has 0 bridgehead atoms. The average Bonchev–Trinajstić information content (AvgIpc) is 2.25. The Bertz CT molecular complexity index is 230. The van der Waals surface area contributed by atoms with Gasteiger partial charge in [-0.25, -0.2) is 0 Å². The first kappa shape index (κ1) is 14.5. The molecule has 0 spiro atoms. The third-order valence-corrected chi connectivity index (χ3v) is 3.85. The minimum Gasteiger partial charge on any atom is -0.466 e. The van der Waals surface area contributed by atoms with Crippen LogP contribution in [-0.4, -0.2) is 23.3 Å². The van der Waals surface area contributed by atoms with Crippen molar-refractivity contribution in [2.75, 3.05) is 6.61 Å². The topological polar surface area (TPSA) is 46.5 Å². The Labute approximate surface area is 105 Å². The fourth-order valence-electron chi connectivity index (χ4n) is 2.87. The predicted molar refractivity (Wildman–Crippen MR) is 67.7 cm³/mol. The van der Waals surface area contributed by atoms with Crippen molar-refractivity contribution in [1.29, 1.82) is 0 Å². The number of rotatable bonds is 4. The zero-order valence-corrected chi connectivity index (χ0v) is 11.2. The maximum absolute atomic E-state index is 11.9. The molecule has 1 aliphatic carbocycles. The first-order chi connectivity index (χ1) is 8.14. The van der Waals surface area contributed by atoms with Gasteiger partial charge in [0.15, 0.2) is 0 Å². The normalized spacial score (nSPS) is 22.3. The Balaban J connectivity index is 2.70. The molecule has 1 unspecified atom stereocenters. The Morgan fingerprint density at radius 2 is 1.71 bits per heavy atom. The molecule has 1 atom stereocenters. The van der Waals surface area contributed by atoms with Crippen LogP contribution in [0.15, 0.2) is 0 Å². The summed E-state index contributed by atoms with van der Waals surface area (Å²) in [6.07, 6.45) is 7.78. The lowest BCUT2D eigenvalue weighted by atomic mass is 9.76. The zero-order chi connectivity index (χ0) is 12.7. The van der Waals surface area contributed by atoms with Crippen LogP contribution in [-0.2, 0) is 9.53 Å². The summed E-state index contributed by atoms with van der Waals surface area (Å²) in [6, 6.07) is 0. The molecule has 1 saturated carbocycles. The number of aliphatic hydroxyl groups is 1. The van der Waals surface area contributed by atoms with Crippen molar-refractivity contribution in [3.63, 3.8) is 0 Å². The molecule has 0 saturated heterocycles. The molecule has 0 aromatic carbocycles.